The van der Waals surface area contributed by atoms with Crippen molar-refractivity contribution >= 4 is 34.3 Å². The van der Waals surface area contributed by atoms with Crippen LogP contribution >= 0.6 is 0 Å². The number of aromatic nitrogens is 1. The molecule has 1 unspecified atom stereocenters. The van der Waals surface area contributed by atoms with Gasteiger partial charge in [-0.15, -0.1) is 0 Å². The maximum atomic E-state index is 12.8. The Hall–Kier alpha value is -2.20. The Bertz CT molecular complexity index is 1070. The number of rotatable bonds is 0. The molecule has 4 heteroatoms. The van der Waals surface area contributed by atoms with E-state index in [9.17, 15) is 4.21 Å². The summed E-state index contributed by atoms with van der Waals surface area (Å²) in [7, 11) is 1.04. The first kappa shape index (κ1) is 11.5. The normalized spacial score (nSPS) is 16.1. The molecule has 1 aliphatic rings. The van der Waals surface area contributed by atoms with Crippen LogP contribution in [0.5, 0.6) is 0 Å². The van der Waals surface area contributed by atoms with Gasteiger partial charge in [0.15, 0.2) is 0 Å². The van der Waals surface area contributed by atoms with Crippen LogP contribution in [0, 0.1) is 0 Å². The van der Waals surface area contributed by atoms with Crippen LogP contribution in [-0.4, -0.2) is 15.6 Å². The molecule has 0 spiro atoms. The van der Waals surface area contributed by atoms with Gasteiger partial charge in [0.25, 0.3) is 0 Å². The van der Waals surface area contributed by atoms with Gasteiger partial charge in [-0.2, -0.15) is 0 Å². The van der Waals surface area contributed by atoms with Gasteiger partial charge in [0.2, 0.25) is 0 Å². The summed E-state index contributed by atoms with van der Waals surface area (Å²) in [6, 6.07) is 20.4. The summed E-state index contributed by atoms with van der Waals surface area (Å²) in [5, 5.41) is 1.19. The average Bonchev–Trinajstić information content (AvgIpc) is 3.05. The van der Waals surface area contributed by atoms with Crippen molar-refractivity contribution in [3.63, 3.8) is 0 Å². The summed E-state index contributed by atoms with van der Waals surface area (Å²) in [5.74, 6) is 0. The van der Waals surface area contributed by atoms with Gasteiger partial charge in [-0.1, -0.05) is 0 Å². The Labute approximate surface area is 124 Å². The van der Waals surface area contributed by atoms with Gasteiger partial charge in [0.05, 0.1) is 0 Å². The van der Waals surface area contributed by atoms with Crippen molar-refractivity contribution in [1.29, 1.82) is 0 Å². The summed E-state index contributed by atoms with van der Waals surface area (Å²) in [6.45, 7) is 0. The van der Waals surface area contributed by atoms with Crippen molar-refractivity contribution < 1.29 is 4.21 Å². The topological polar surface area (TPSA) is 21.5 Å². The van der Waals surface area contributed by atoms with Gasteiger partial charge in [0.1, 0.15) is 0 Å². The van der Waals surface area contributed by atoms with Crippen molar-refractivity contribution in [3.05, 3.63) is 60.7 Å². The fraction of sp³-hybridized carbons (Fsp3) is 0. The van der Waals surface area contributed by atoms with Crippen molar-refractivity contribution in [2.24, 2.45) is 0 Å². The zero-order valence-corrected chi connectivity index (χ0v) is 11.9. The Morgan fingerprint density at radius 2 is 1.67 bits per heavy atom. The van der Waals surface area contributed by atoms with Gasteiger partial charge in [-0.3, -0.25) is 0 Å². The van der Waals surface area contributed by atoms with E-state index in [0.29, 0.717) is 0 Å². The fourth-order valence-corrected chi connectivity index (χ4v) is 4.74. The van der Waals surface area contributed by atoms with Crippen LogP contribution < -0.4 is 0 Å². The minimum absolute atomic E-state index is 0.929. The zero-order valence-electron chi connectivity index (χ0n) is 11.1. The Balaban J connectivity index is 1.98. The predicted octanol–water partition coefficient (Wildman–Crippen LogP) is 3.58. The van der Waals surface area contributed by atoms with E-state index in [1.165, 1.54) is 5.39 Å². The third kappa shape index (κ3) is 1.38. The molecular formula is C17H10BNOS. The number of hydrogen-bond donors (Lipinski definition) is 0. The first-order chi connectivity index (χ1) is 10.3. The molecule has 0 fully saturated rings. The van der Waals surface area contributed by atoms with E-state index in [1.807, 2.05) is 30.3 Å². The number of hydrogen-bond acceptors (Lipinski definition) is 1. The number of para-hydroxylation sites is 1. The van der Waals surface area contributed by atoms with Gasteiger partial charge in [0, 0.05) is 0 Å². The number of pyridine rings is 1. The second-order valence-electron chi connectivity index (χ2n) is 5.28. The van der Waals surface area contributed by atoms with E-state index >= 15 is 0 Å². The Morgan fingerprint density at radius 3 is 2.62 bits per heavy atom. The van der Waals surface area contributed by atoms with Crippen LogP contribution in [0.25, 0.3) is 27.4 Å². The van der Waals surface area contributed by atoms with E-state index in [2.05, 4.69) is 41.7 Å². The first-order valence-corrected chi connectivity index (χ1v) is 8.03. The standard InChI is InChI=1S/C17H10BNOS/c20-21-15-8-4-2-6-12(15)16-17(21)14-10-9-11-5-1-3-7-13(11)19(14)18-16/h1-10H. The van der Waals surface area contributed by atoms with Gasteiger partial charge in [-0.05, 0) is 0 Å². The summed E-state index contributed by atoms with van der Waals surface area (Å²) >= 11 is 0. The van der Waals surface area contributed by atoms with Crippen LogP contribution in [0.3, 0.4) is 0 Å². The summed E-state index contributed by atoms with van der Waals surface area (Å²) in [5.41, 5.74) is 4.39. The third-order valence-electron chi connectivity index (χ3n) is 4.17. The van der Waals surface area contributed by atoms with Crippen LogP contribution in [0.2, 0.25) is 0 Å². The van der Waals surface area contributed by atoms with Crippen molar-refractivity contribution in [2.45, 2.75) is 9.79 Å². The Morgan fingerprint density at radius 1 is 0.857 bits per heavy atom. The molecular weight excluding hydrogens is 277 g/mol. The van der Waals surface area contributed by atoms with Crippen LogP contribution in [-0.2, 0) is 10.8 Å². The molecule has 1 atom stereocenters. The minimum atomic E-state index is -1.08. The molecule has 0 N–H and O–H groups in total. The molecule has 0 aliphatic carbocycles. The molecule has 2 aromatic carbocycles. The zero-order chi connectivity index (χ0) is 14.0. The number of fused-ring (bicyclic) bond motifs is 7. The monoisotopic (exact) mass is 287 g/mol. The molecule has 2 aromatic heterocycles. The third-order valence-corrected chi connectivity index (χ3v) is 5.73. The molecule has 0 saturated carbocycles. The van der Waals surface area contributed by atoms with Crippen LogP contribution in [0.4, 0.5) is 0 Å². The molecule has 98 valence electrons. The molecule has 0 radical (unpaired) electrons. The summed E-state index contributed by atoms with van der Waals surface area (Å²) in [4.78, 5) is 1.88. The van der Waals surface area contributed by atoms with E-state index < -0.39 is 10.8 Å². The Kier molecular flexibility index (Phi) is 2.14. The van der Waals surface area contributed by atoms with Crippen molar-refractivity contribution in [2.75, 3.05) is 0 Å². The number of nitrogens with zero attached hydrogens (tertiary/aromatic N) is 1. The molecule has 0 bridgehead atoms. The molecule has 0 saturated heterocycles. The van der Waals surface area contributed by atoms with Crippen LogP contribution in [0.15, 0.2) is 70.5 Å². The first-order valence-electron chi connectivity index (χ1n) is 6.88. The summed E-state index contributed by atoms with van der Waals surface area (Å²) in [6.07, 6.45) is 0. The van der Waals surface area contributed by atoms with Crippen molar-refractivity contribution in [3.8, 4) is 11.0 Å². The second kappa shape index (κ2) is 3.92. The molecule has 5 rings (SSSR count). The van der Waals surface area contributed by atoms with Gasteiger partial charge in [-0.25, -0.2) is 0 Å². The van der Waals surface area contributed by atoms with E-state index in [4.69, 9.17) is 0 Å². The summed E-state index contributed by atoms with van der Waals surface area (Å²) < 4.78 is 15.0. The molecule has 3 heterocycles. The molecule has 21 heavy (non-hydrogen) atoms. The van der Waals surface area contributed by atoms with Crippen LogP contribution in [0.1, 0.15) is 0 Å². The molecule has 1 aliphatic heterocycles. The molecule has 2 nitrogen and oxygen atoms in total. The SMILES string of the molecule is O=S1c2ccccc2-c2bn3c(ccc4ccccc43)c21. The van der Waals surface area contributed by atoms with Gasteiger partial charge >= 0.3 is 124 Å². The van der Waals surface area contributed by atoms with E-state index in [-0.39, 0.29) is 0 Å². The van der Waals surface area contributed by atoms with E-state index in [1.54, 1.807) is 0 Å². The fourth-order valence-electron chi connectivity index (χ4n) is 3.22. The average molecular weight is 287 g/mol. The number of benzene rings is 2. The second-order valence-corrected chi connectivity index (χ2v) is 6.67. The van der Waals surface area contributed by atoms with Crippen molar-refractivity contribution in [1.82, 2.24) is 4.31 Å². The van der Waals surface area contributed by atoms with E-state index in [0.717, 1.165) is 31.8 Å². The maximum absolute atomic E-state index is 12.8. The molecule has 0 amide bonds. The molecule has 4 aromatic rings. The quantitative estimate of drug-likeness (QED) is 0.426. The predicted molar refractivity (Wildman–Crippen MR) is 86.4 cm³/mol. The van der Waals surface area contributed by atoms with Gasteiger partial charge < -0.3 is 0 Å².